The lowest BCUT2D eigenvalue weighted by Gasteiger charge is -2.07. The molecule has 0 aliphatic heterocycles. The Bertz CT molecular complexity index is 1230. The van der Waals surface area contributed by atoms with Gasteiger partial charge in [0.2, 0.25) is 5.91 Å². The predicted octanol–water partition coefficient (Wildman–Crippen LogP) is 5.15. The Morgan fingerprint density at radius 2 is 1.75 bits per heavy atom. The molecule has 4 aromatic rings. The second-order valence-corrected chi connectivity index (χ2v) is 8.87. The van der Waals surface area contributed by atoms with Crippen LogP contribution in [0.4, 0.5) is 5.69 Å². The maximum Gasteiger partial charge on any atom is 0.234 e. The molecular formula is C25H27N5OS. The fourth-order valence-electron chi connectivity index (χ4n) is 3.57. The molecule has 0 aliphatic carbocycles. The summed E-state index contributed by atoms with van der Waals surface area (Å²) in [5.74, 6) is 0.190. The lowest BCUT2D eigenvalue weighted by molar-refractivity contribution is -0.113. The minimum atomic E-state index is -0.0803. The smallest absolute Gasteiger partial charge is 0.234 e. The van der Waals surface area contributed by atoms with E-state index < -0.39 is 0 Å². The van der Waals surface area contributed by atoms with E-state index in [9.17, 15) is 4.79 Å². The lowest BCUT2D eigenvalue weighted by atomic mass is 10.1. The van der Waals surface area contributed by atoms with Crippen molar-refractivity contribution < 1.29 is 4.79 Å². The highest BCUT2D eigenvalue weighted by Gasteiger charge is 2.16. The van der Waals surface area contributed by atoms with Crippen LogP contribution in [-0.2, 0) is 11.2 Å². The number of hydrogen-bond donors (Lipinski definition) is 2. The summed E-state index contributed by atoms with van der Waals surface area (Å²) in [6, 6.07) is 18.4. The zero-order chi connectivity index (χ0) is 22.7. The Kier molecular flexibility index (Phi) is 6.46. The fraction of sp³-hybridized carbons (Fsp3) is 0.240. The molecule has 0 spiro atoms. The molecule has 0 fully saturated rings. The number of aromatic amines is 1. The Hall–Kier alpha value is -3.32. The molecule has 0 unspecified atom stereocenters. The molecule has 4 rings (SSSR count). The molecule has 32 heavy (non-hydrogen) atoms. The highest BCUT2D eigenvalue weighted by Crippen LogP contribution is 2.24. The number of aromatic nitrogens is 4. The van der Waals surface area contributed by atoms with E-state index in [1.807, 2.05) is 55.8 Å². The summed E-state index contributed by atoms with van der Waals surface area (Å²) >= 11 is 1.40. The Morgan fingerprint density at radius 3 is 2.47 bits per heavy atom. The van der Waals surface area contributed by atoms with E-state index in [0.29, 0.717) is 0 Å². The maximum atomic E-state index is 12.7. The fourth-order valence-corrected chi connectivity index (χ4v) is 4.31. The van der Waals surface area contributed by atoms with Crippen molar-refractivity contribution in [3.8, 4) is 5.69 Å². The first-order valence-corrected chi connectivity index (χ1v) is 11.5. The van der Waals surface area contributed by atoms with Gasteiger partial charge in [-0.1, -0.05) is 59.8 Å². The van der Waals surface area contributed by atoms with E-state index in [0.717, 1.165) is 45.7 Å². The summed E-state index contributed by atoms with van der Waals surface area (Å²) in [5.41, 5.74) is 7.88. The van der Waals surface area contributed by atoms with Crippen LogP contribution in [0.25, 0.3) is 5.69 Å². The summed E-state index contributed by atoms with van der Waals surface area (Å²) in [6.45, 7) is 7.95. The number of carbonyl (C=O) groups is 1. The third-order valence-corrected chi connectivity index (χ3v) is 6.23. The largest absolute Gasteiger partial charge is 0.337 e. The van der Waals surface area contributed by atoms with Crippen molar-refractivity contribution in [1.82, 2.24) is 19.7 Å². The maximum absolute atomic E-state index is 12.7. The van der Waals surface area contributed by atoms with Gasteiger partial charge < -0.3 is 10.3 Å². The van der Waals surface area contributed by atoms with Crippen molar-refractivity contribution in [3.05, 3.63) is 88.5 Å². The van der Waals surface area contributed by atoms with E-state index in [2.05, 4.69) is 51.6 Å². The molecule has 1 amide bonds. The van der Waals surface area contributed by atoms with E-state index in [-0.39, 0.29) is 11.7 Å². The highest BCUT2D eigenvalue weighted by molar-refractivity contribution is 7.99. The molecular weight excluding hydrogens is 418 g/mol. The van der Waals surface area contributed by atoms with Gasteiger partial charge in [-0.15, -0.1) is 0 Å². The average Bonchev–Trinajstić information content (AvgIpc) is 3.27. The molecule has 0 atom stereocenters. The quantitative estimate of drug-likeness (QED) is 0.386. The van der Waals surface area contributed by atoms with Gasteiger partial charge in [0.15, 0.2) is 5.16 Å². The van der Waals surface area contributed by atoms with Crippen LogP contribution in [0.1, 0.15) is 33.9 Å². The van der Waals surface area contributed by atoms with Crippen molar-refractivity contribution >= 4 is 23.4 Å². The first kappa shape index (κ1) is 21.9. The minimum absolute atomic E-state index is 0.0803. The standard InChI is InChI=1S/C25H27N5OS/c1-16-10-12-21(13-11-16)30-19(4)24(18(3)29-30)28-23(31)15-32-25-26-17(2)22(27-25)14-20-8-6-5-7-9-20/h5-13H,14-15H2,1-4H3,(H,26,27)(H,28,31). The zero-order valence-corrected chi connectivity index (χ0v) is 19.6. The number of anilines is 1. The van der Waals surface area contributed by atoms with Crippen LogP contribution in [0.2, 0.25) is 0 Å². The van der Waals surface area contributed by atoms with Crippen LogP contribution < -0.4 is 5.32 Å². The molecule has 2 N–H and O–H groups in total. The SMILES string of the molecule is Cc1ccc(-n2nc(C)c(NC(=O)CSc3nc(Cc4ccccc4)c(C)[nH]3)c2C)cc1. The third-order valence-electron chi connectivity index (χ3n) is 5.35. The third kappa shape index (κ3) is 4.94. The minimum Gasteiger partial charge on any atom is -0.337 e. The summed E-state index contributed by atoms with van der Waals surface area (Å²) < 4.78 is 1.86. The predicted molar refractivity (Wildman–Crippen MR) is 130 cm³/mol. The second kappa shape index (κ2) is 9.44. The normalized spacial score (nSPS) is 11.0. The van der Waals surface area contributed by atoms with E-state index in [4.69, 9.17) is 0 Å². The number of nitrogens with zero attached hydrogens (tertiary/aromatic N) is 3. The number of rotatable bonds is 7. The number of aryl methyl sites for hydroxylation is 3. The van der Waals surface area contributed by atoms with Gasteiger partial charge in [0.05, 0.1) is 34.2 Å². The molecule has 6 nitrogen and oxygen atoms in total. The molecule has 0 saturated heterocycles. The molecule has 2 aromatic heterocycles. The van der Waals surface area contributed by atoms with Gasteiger partial charge in [-0.3, -0.25) is 4.79 Å². The van der Waals surface area contributed by atoms with Gasteiger partial charge in [0.1, 0.15) is 0 Å². The first-order valence-electron chi connectivity index (χ1n) is 10.6. The van der Waals surface area contributed by atoms with Crippen LogP contribution in [0.15, 0.2) is 59.8 Å². The summed E-state index contributed by atoms with van der Waals surface area (Å²) in [5, 5.41) is 8.40. The number of nitrogens with one attached hydrogen (secondary N) is 2. The van der Waals surface area contributed by atoms with Crippen molar-refractivity contribution in [2.75, 3.05) is 11.1 Å². The molecule has 2 heterocycles. The van der Waals surface area contributed by atoms with Crippen LogP contribution in [0.3, 0.4) is 0 Å². The topological polar surface area (TPSA) is 75.6 Å². The Balaban J connectivity index is 1.39. The summed E-state index contributed by atoms with van der Waals surface area (Å²) in [7, 11) is 0. The van der Waals surface area contributed by atoms with Crippen molar-refractivity contribution in [2.45, 2.75) is 39.3 Å². The number of amides is 1. The van der Waals surface area contributed by atoms with Crippen LogP contribution in [-0.4, -0.2) is 31.4 Å². The number of carbonyl (C=O) groups excluding carboxylic acids is 1. The van der Waals surface area contributed by atoms with E-state index in [1.54, 1.807) is 0 Å². The van der Waals surface area contributed by atoms with Crippen LogP contribution >= 0.6 is 11.8 Å². The monoisotopic (exact) mass is 445 g/mol. The molecule has 0 radical (unpaired) electrons. The number of hydrogen-bond acceptors (Lipinski definition) is 4. The molecule has 0 aliphatic rings. The summed E-state index contributed by atoms with van der Waals surface area (Å²) in [4.78, 5) is 20.6. The number of thioether (sulfide) groups is 1. The Labute approximate surface area is 192 Å². The van der Waals surface area contributed by atoms with Gasteiger partial charge in [-0.2, -0.15) is 5.10 Å². The molecule has 0 bridgehead atoms. The lowest BCUT2D eigenvalue weighted by Crippen LogP contribution is -2.15. The van der Waals surface area contributed by atoms with Gasteiger partial charge in [0, 0.05) is 12.1 Å². The molecule has 0 saturated carbocycles. The van der Waals surface area contributed by atoms with Gasteiger partial charge in [0.25, 0.3) is 0 Å². The number of H-pyrrole nitrogens is 1. The van der Waals surface area contributed by atoms with Crippen molar-refractivity contribution in [1.29, 1.82) is 0 Å². The van der Waals surface area contributed by atoms with Gasteiger partial charge >= 0.3 is 0 Å². The second-order valence-electron chi connectivity index (χ2n) is 7.91. The molecule has 2 aromatic carbocycles. The van der Waals surface area contributed by atoms with E-state index in [1.165, 1.54) is 22.9 Å². The summed E-state index contributed by atoms with van der Waals surface area (Å²) in [6.07, 6.45) is 0.770. The van der Waals surface area contributed by atoms with Gasteiger partial charge in [-0.05, 0) is 45.4 Å². The number of benzene rings is 2. The van der Waals surface area contributed by atoms with Gasteiger partial charge in [-0.25, -0.2) is 9.67 Å². The van der Waals surface area contributed by atoms with Crippen molar-refractivity contribution in [3.63, 3.8) is 0 Å². The average molecular weight is 446 g/mol. The van der Waals surface area contributed by atoms with Crippen molar-refractivity contribution in [2.24, 2.45) is 0 Å². The zero-order valence-electron chi connectivity index (χ0n) is 18.8. The van der Waals surface area contributed by atoms with Crippen LogP contribution in [0, 0.1) is 27.7 Å². The number of imidazole rings is 1. The van der Waals surface area contributed by atoms with E-state index >= 15 is 0 Å². The first-order chi connectivity index (χ1) is 15.4. The highest BCUT2D eigenvalue weighted by atomic mass is 32.2. The molecule has 7 heteroatoms. The Morgan fingerprint density at radius 1 is 1.03 bits per heavy atom. The van der Waals surface area contributed by atoms with Crippen LogP contribution in [0.5, 0.6) is 0 Å². The molecule has 164 valence electrons.